The Kier molecular flexibility index (Phi) is 3.37. The van der Waals surface area contributed by atoms with Gasteiger partial charge >= 0.3 is 0 Å². The van der Waals surface area contributed by atoms with Crippen LogP contribution in [0.25, 0.3) is 0 Å². The minimum Gasteiger partial charge on any atom is -0.424 e. The summed E-state index contributed by atoms with van der Waals surface area (Å²) in [7, 11) is 0. The van der Waals surface area contributed by atoms with Crippen molar-refractivity contribution in [3.63, 3.8) is 0 Å². The molecule has 0 bridgehead atoms. The molecule has 2 aliphatic rings. The molecule has 0 aliphatic heterocycles. The number of rotatable bonds is 4. The summed E-state index contributed by atoms with van der Waals surface area (Å²) in [4.78, 5) is 0. The van der Waals surface area contributed by atoms with Gasteiger partial charge in [-0.05, 0) is 43.4 Å². The van der Waals surface area contributed by atoms with E-state index < -0.39 is 0 Å². The summed E-state index contributed by atoms with van der Waals surface area (Å²) in [5.41, 5.74) is 0.501. The maximum atomic E-state index is 5.69. The molecule has 0 saturated heterocycles. The number of hydrogen-bond donors (Lipinski definition) is 1. The highest BCUT2D eigenvalue weighted by Gasteiger charge is 2.32. The van der Waals surface area contributed by atoms with E-state index in [4.69, 9.17) is 4.42 Å². The Balaban J connectivity index is 1.51. The molecule has 2 atom stereocenters. The molecule has 4 heteroatoms. The zero-order chi connectivity index (χ0) is 13.5. The quantitative estimate of drug-likeness (QED) is 0.906. The second-order valence-corrected chi connectivity index (χ2v) is 7.18. The van der Waals surface area contributed by atoms with Gasteiger partial charge in [-0.1, -0.05) is 20.8 Å². The molecule has 2 unspecified atom stereocenters. The lowest BCUT2D eigenvalue weighted by atomic mass is 9.70. The van der Waals surface area contributed by atoms with Crippen molar-refractivity contribution in [2.45, 2.75) is 71.4 Å². The summed E-state index contributed by atoms with van der Waals surface area (Å²) >= 11 is 0. The lowest BCUT2D eigenvalue weighted by Crippen LogP contribution is -2.41. The van der Waals surface area contributed by atoms with E-state index in [9.17, 15) is 0 Å². The van der Waals surface area contributed by atoms with E-state index in [2.05, 4.69) is 36.3 Å². The van der Waals surface area contributed by atoms with Crippen LogP contribution in [-0.4, -0.2) is 16.2 Å². The van der Waals surface area contributed by atoms with Crippen molar-refractivity contribution < 1.29 is 4.42 Å². The van der Waals surface area contributed by atoms with Crippen molar-refractivity contribution in [3.8, 4) is 0 Å². The largest absolute Gasteiger partial charge is 0.424 e. The Labute approximate surface area is 115 Å². The molecule has 19 heavy (non-hydrogen) atoms. The van der Waals surface area contributed by atoms with Gasteiger partial charge in [-0.2, -0.15) is 0 Å². The molecule has 0 amide bonds. The van der Waals surface area contributed by atoms with Crippen molar-refractivity contribution in [1.82, 2.24) is 15.5 Å². The van der Waals surface area contributed by atoms with Gasteiger partial charge in [0.05, 0.1) is 6.54 Å². The maximum absolute atomic E-state index is 5.69. The normalized spacial score (nSPS) is 30.5. The van der Waals surface area contributed by atoms with Crippen molar-refractivity contribution in [1.29, 1.82) is 0 Å². The Morgan fingerprint density at radius 1 is 1.26 bits per heavy atom. The van der Waals surface area contributed by atoms with Crippen molar-refractivity contribution in [3.05, 3.63) is 11.8 Å². The fraction of sp³-hybridized carbons (Fsp3) is 0.867. The first kappa shape index (κ1) is 13.1. The average molecular weight is 263 g/mol. The smallest absolute Gasteiger partial charge is 0.230 e. The lowest BCUT2D eigenvalue weighted by Gasteiger charge is -2.39. The van der Waals surface area contributed by atoms with Crippen molar-refractivity contribution in [2.24, 2.45) is 11.3 Å². The monoisotopic (exact) mass is 263 g/mol. The summed E-state index contributed by atoms with van der Waals surface area (Å²) in [6.07, 6.45) is 6.26. The molecule has 1 aromatic rings. The molecule has 2 saturated carbocycles. The summed E-state index contributed by atoms with van der Waals surface area (Å²) in [5, 5.41) is 11.9. The third kappa shape index (κ3) is 3.16. The fourth-order valence-corrected chi connectivity index (χ4v) is 3.30. The van der Waals surface area contributed by atoms with Gasteiger partial charge < -0.3 is 9.73 Å². The van der Waals surface area contributed by atoms with Crippen LogP contribution in [0.5, 0.6) is 0 Å². The molecular formula is C15H25N3O. The average Bonchev–Trinajstić information content (AvgIpc) is 3.08. The van der Waals surface area contributed by atoms with Crippen LogP contribution in [0.1, 0.15) is 70.6 Å². The molecule has 4 nitrogen and oxygen atoms in total. The van der Waals surface area contributed by atoms with Gasteiger partial charge in [-0.15, -0.1) is 10.2 Å². The summed E-state index contributed by atoms with van der Waals surface area (Å²) in [6.45, 7) is 7.82. The first-order valence-electron chi connectivity index (χ1n) is 7.59. The molecule has 0 spiro atoms. The van der Waals surface area contributed by atoms with E-state index in [1.165, 1.54) is 32.1 Å². The SMILES string of the molecule is CC1CC(C)(C)CCC1NCc1nnc(C2CC2)o1. The molecule has 1 heterocycles. The zero-order valence-electron chi connectivity index (χ0n) is 12.3. The van der Waals surface area contributed by atoms with Crippen LogP contribution < -0.4 is 5.32 Å². The molecule has 1 aromatic heterocycles. The van der Waals surface area contributed by atoms with Gasteiger partial charge in [0.1, 0.15) is 0 Å². The number of nitrogens with zero attached hydrogens (tertiary/aromatic N) is 2. The first-order valence-corrected chi connectivity index (χ1v) is 7.59. The maximum Gasteiger partial charge on any atom is 0.230 e. The van der Waals surface area contributed by atoms with E-state index in [1.54, 1.807) is 0 Å². The Morgan fingerprint density at radius 3 is 2.74 bits per heavy atom. The van der Waals surface area contributed by atoms with Gasteiger partial charge in [0, 0.05) is 12.0 Å². The van der Waals surface area contributed by atoms with Crippen LogP contribution >= 0.6 is 0 Å². The Bertz CT molecular complexity index is 436. The topological polar surface area (TPSA) is 51.0 Å². The summed E-state index contributed by atoms with van der Waals surface area (Å²) in [6, 6.07) is 0.587. The van der Waals surface area contributed by atoms with E-state index >= 15 is 0 Å². The zero-order valence-corrected chi connectivity index (χ0v) is 12.3. The molecule has 106 valence electrons. The first-order chi connectivity index (χ1) is 9.03. The molecule has 2 aliphatic carbocycles. The van der Waals surface area contributed by atoms with Crippen LogP contribution in [0.4, 0.5) is 0 Å². The fourth-order valence-electron chi connectivity index (χ4n) is 3.30. The molecular weight excluding hydrogens is 238 g/mol. The molecule has 0 aromatic carbocycles. The van der Waals surface area contributed by atoms with Crippen LogP contribution in [-0.2, 0) is 6.54 Å². The van der Waals surface area contributed by atoms with E-state index in [-0.39, 0.29) is 0 Å². The predicted octanol–water partition coefficient (Wildman–Crippen LogP) is 3.25. The Morgan fingerprint density at radius 2 is 2.05 bits per heavy atom. The number of nitrogens with one attached hydrogen (secondary N) is 1. The van der Waals surface area contributed by atoms with Crippen LogP contribution in [0.3, 0.4) is 0 Å². The minimum atomic E-state index is 0.501. The van der Waals surface area contributed by atoms with Crippen molar-refractivity contribution in [2.75, 3.05) is 0 Å². The van der Waals surface area contributed by atoms with Gasteiger partial charge in [0.25, 0.3) is 0 Å². The third-order valence-corrected chi connectivity index (χ3v) is 4.62. The van der Waals surface area contributed by atoms with Crippen LogP contribution in [0.2, 0.25) is 0 Å². The van der Waals surface area contributed by atoms with Gasteiger partial charge in [-0.3, -0.25) is 0 Å². The molecule has 0 radical (unpaired) electrons. The lowest BCUT2D eigenvalue weighted by molar-refractivity contribution is 0.146. The Hall–Kier alpha value is -0.900. The van der Waals surface area contributed by atoms with Crippen molar-refractivity contribution >= 4 is 0 Å². The standard InChI is InChI=1S/C15H25N3O/c1-10-8-15(2,3)7-6-12(10)16-9-13-17-18-14(19-13)11-4-5-11/h10-12,16H,4-9H2,1-3H3. The summed E-state index contributed by atoms with van der Waals surface area (Å²) < 4.78 is 5.69. The predicted molar refractivity (Wildman–Crippen MR) is 73.7 cm³/mol. The van der Waals surface area contributed by atoms with Crippen LogP contribution in [0, 0.1) is 11.3 Å². The second-order valence-electron chi connectivity index (χ2n) is 7.18. The van der Waals surface area contributed by atoms with Crippen LogP contribution in [0.15, 0.2) is 4.42 Å². The molecule has 3 rings (SSSR count). The number of hydrogen-bond acceptors (Lipinski definition) is 4. The highest BCUT2D eigenvalue weighted by atomic mass is 16.4. The van der Waals surface area contributed by atoms with Gasteiger partial charge in [0.2, 0.25) is 11.8 Å². The van der Waals surface area contributed by atoms with Gasteiger partial charge in [0.15, 0.2) is 0 Å². The third-order valence-electron chi connectivity index (χ3n) is 4.62. The second kappa shape index (κ2) is 4.89. The summed E-state index contributed by atoms with van der Waals surface area (Å²) in [5.74, 6) is 2.86. The highest BCUT2D eigenvalue weighted by molar-refractivity contribution is 5.00. The van der Waals surface area contributed by atoms with E-state index in [0.717, 1.165) is 24.2 Å². The van der Waals surface area contributed by atoms with Gasteiger partial charge in [-0.25, -0.2) is 0 Å². The van der Waals surface area contributed by atoms with E-state index in [0.29, 0.717) is 17.4 Å². The highest BCUT2D eigenvalue weighted by Crippen LogP contribution is 2.39. The van der Waals surface area contributed by atoms with E-state index in [1.807, 2.05) is 0 Å². The molecule has 2 fully saturated rings. The number of aromatic nitrogens is 2. The molecule has 1 N–H and O–H groups in total. The minimum absolute atomic E-state index is 0.501.